The molecular weight excluding hydrogens is 262 g/mol. The predicted octanol–water partition coefficient (Wildman–Crippen LogP) is 1.28. The molecule has 0 radical (unpaired) electrons. The molecule has 0 atom stereocenters. The van der Waals surface area contributed by atoms with Gasteiger partial charge in [0, 0.05) is 6.54 Å². The van der Waals surface area contributed by atoms with Crippen molar-refractivity contribution in [1.29, 1.82) is 0 Å². The zero-order valence-corrected chi connectivity index (χ0v) is 12.8. The summed E-state index contributed by atoms with van der Waals surface area (Å²) in [5.74, 6) is 5.75. The molecule has 2 N–H and O–H groups in total. The predicted molar refractivity (Wildman–Crippen MR) is 79.2 cm³/mol. The summed E-state index contributed by atoms with van der Waals surface area (Å²) in [6.45, 7) is 4.52. The highest BCUT2D eigenvalue weighted by atomic mass is 32.2. The van der Waals surface area contributed by atoms with Gasteiger partial charge in [-0.3, -0.25) is 0 Å². The van der Waals surface area contributed by atoms with E-state index in [9.17, 15) is 8.42 Å². The van der Waals surface area contributed by atoms with E-state index in [2.05, 4.69) is 0 Å². The fourth-order valence-electron chi connectivity index (χ4n) is 2.20. The lowest BCUT2D eigenvalue weighted by atomic mass is 9.96. The molecule has 1 aromatic rings. The van der Waals surface area contributed by atoms with Crippen molar-refractivity contribution in [2.24, 2.45) is 11.3 Å². The molecule has 1 aromatic carbocycles. The lowest BCUT2D eigenvalue weighted by Crippen LogP contribution is -2.44. The fraction of sp³-hybridized carbons (Fsp3) is 0.538. The number of rotatable bonds is 6. The van der Waals surface area contributed by atoms with Crippen molar-refractivity contribution < 1.29 is 8.42 Å². The minimum absolute atomic E-state index is 0.00355. The van der Waals surface area contributed by atoms with Crippen molar-refractivity contribution >= 4 is 15.7 Å². The molecule has 6 heteroatoms. The van der Waals surface area contributed by atoms with E-state index >= 15 is 0 Å². The van der Waals surface area contributed by atoms with E-state index in [1.54, 1.807) is 24.3 Å². The average molecular weight is 285 g/mol. The van der Waals surface area contributed by atoms with Crippen LogP contribution < -0.4 is 10.3 Å². The summed E-state index contributed by atoms with van der Waals surface area (Å²) in [5.41, 5.74) is 0.109. The Morgan fingerprint density at radius 1 is 1.16 bits per heavy atom. The second-order valence-corrected chi connectivity index (χ2v) is 7.64. The van der Waals surface area contributed by atoms with Crippen LogP contribution in [0, 0.1) is 5.41 Å². The van der Waals surface area contributed by atoms with Crippen molar-refractivity contribution in [2.75, 3.05) is 30.8 Å². The second-order valence-electron chi connectivity index (χ2n) is 5.79. The number of hydrogen-bond donors (Lipinski definition) is 1. The van der Waals surface area contributed by atoms with Crippen LogP contribution in [0.5, 0.6) is 0 Å². The number of benzene rings is 1. The van der Waals surface area contributed by atoms with Crippen molar-refractivity contribution in [3.8, 4) is 0 Å². The number of nitrogens with two attached hydrogens (primary N) is 1. The lowest BCUT2D eigenvalue weighted by molar-refractivity contribution is 0.265. The van der Waals surface area contributed by atoms with E-state index in [1.165, 1.54) is 0 Å². The summed E-state index contributed by atoms with van der Waals surface area (Å²) in [4.78, 5) is 1.97. The SMILES string of the molecule is CN(C)CC(C)(C)CS(=O)(=O)N(N)c1ccccc1. The van der Waals surface area contributed by atoms with Crippen LogP contribution in [0.4, 0.5) is 5.69 Å². The third kappa shape index (κ3) is 4.81. The largest absolute Gasteiger partial charge is 0.309 e. The lowest BCUT2D eigenvalue weighted by Gasteiger charge is -2.30. The molecule has 0 bridgehead atoms. The van der Waals surface area contributed by atoms with Crippen molar-refractivity contribution in [2.45, 2.75) is 13.8 Å². The zero-order valence-electron chi connectivity index (χ0n) is 12.0. The van der Waals surface area contributed by atoms with Gasteiger partial charge in [0.2, 0.25) is 10.0 Å². The molecule has 5 nitrogen and oxygen atoms in total. The van der Waals surface area contributed by atoms with E-state index in [1.807, 2.05) is 38.9 Å². The maximum Gasteiger partial charge on any atom is 0.248 e. The first-order valence-electron chi connectivity index (χ1n) is 6.11. The number of hydrazine groups is 1. The van der Waals surface area contributed by atoms with E-state index < -0.39 is 10.0 Å². The first-order chi connectivity index (χ1) is 8.64. The zero-order chi connectivity index (χ0) is 14.7. The Morgan fingerprint density at radius 3 is 2.16 bits per heavy atom. The van der Waals surface area contributed by atoms with Gasteiger partial charge in [-0.25, -0.2) is 18.7 Å². The maximum atomic E-state index is 12.3. The highest BCUT2D eigenvalue weighted by Crippen LogP contribution is 2.22. The van der Waals surface area contributed by atoms with Crippen molar-refractivity contribution in [3.63, 3.8) is 0 Å². The van der Waals surface area contributed by atoms with Gasteiger partial charge in [-0.05, 0) is 31.6 Å². The topological polar surface area (TPSA) is 66.6 Å². The third-order valence-electron chi connectivity index (χ3n) is 2.63. The molecule has 1 rings (SSSR count). The van der Waals surface area contributed by atoms with Crippen LogP contribution in [0.15, 0.2) is 30.3 Å². The first kappa shape index (κ1) is 15.9. The van der Waals surface area contributed by atoms with E-state index in [-0.39, 0.29) is 11.2 Å². The van der Waals surface area contributed by atoms with E-state index in [0.29, 0.717) is 12.2 Å². The van der Waals surface area contributed by atoms with Gasteiger partial charge >= 0.3 is 0 Å². The summed E-state index contributed by atoms with van der Waals surface area (Å²) in [7, 11) is 0.313. The number of anilines is 1. The quantitative estimate of drug-likeness (QED) is 0.631. The van der Waals surface area contributed by atoms with Crippen LogP contribution in [-0.4, -0.2) is 39.7 Å². The van der Waals surface area contributed by atoms with Crippen LogP contribution in [0.25, 0.3) is 0 Å². The van der Waals surface area contributed by atoms with Gasteiger partial charge in [0.25, 0.3) is 0 Å². The summed E-state index contributed by atoms with van der Waals surface area (Å²) in [5, 5.41) is 0. The Kier molecular flexibility index (Phi) is 4.95. The van der Waals surface area contributed by atoms with Crippen LogP contribution in [0.1, 0.15) is 13.8 Å². The van der Waals surface area contributed by atoms with E-state index in [4.69, 9.17) is 5.84 Å². The molecule has 0 unspecified atom stereocenters. The van der Waals surface area contributed by atoms with Crippen LogP contribution >= 0.6 is 0 Å². The Labute approximate surface area is 116 Å². The van der Waals surface area contributed by atoms with Gasteiger partial charge in [0.15, 0.2) is 0 Å². The van der Waals surface area contributed by atoms with Gasteiger partial charge in [0.1, 0.15) is 0 Å². The summed E-state index contributed by atoms with van der Waals surface area (Å²) in [6, 6.07) is 8.69. The number of para-hydroxylation sites is 1. The molecule has 108 valence electrons. The normalized spacial score (nSPS) is 12.7. The van der Waals surface area contributed by atoms with Gasteiger partial charge < -0.3 is 4.90 Å². The Morgan fingerprint density at radius 2 is 1.68 bits per heavy atom. The van der Waals surface area contributed by atoms with Gasteiger partial charge in [-0.2, -0.15) is 0 Å². The first-order valence-corrected chi connectivity index (χ1v) is 7.72. The molecule has 0 saturated heterocycles. The number of nitrogens with zero attached hydrogens (tertiary/aromatic N) is 2. The Hall–Kier alpha value is -1.11. The number of sulfonamides is 1. The molecular formula is C13H23N3O2S. The minimum atomic E-state index is -3.53. The molecule has 19 heavy (non-hydrogen) atoms. The van der Waals surface area contributed by atoms with Crippen LogP contribution in [0.3, 0.4) is 0 Å². The molecule has 0 spiro atoms. The van der Waals surface area contributed by atoms with E-state index in [0.717, 1.165) is 4.41 Å². The highest BCUT2D eigenvalue weighted by molar-refractivity contribution is 7.92. The molecule has 0 amide bonds. The Balaban J connectivity index is 2.87. The summed E-state index contributed by atoms with van der Waals surface area (Å²) >= 11 is 0. The van der Waals surface area contributed by atoms with Crippen molar-refractivity contribution in [1.82, 2.24) is 4.90 Å². The molecule has 0 heterocycles. The van der Waals surface area contributed by atoms with Gasteiger partial charge in [-0.1, -0.05) is 32.0 Å². The second kappa shape index (κ2) is 5.90. The van der Waals surface area contributed by atoms with Gasteiger partial charge in [0.05, 0.1) is 11.4 Å². The number of hydrogen-bond acceptors (Lipinski definition) is 4. The Bertz CT molecular complexity index is 498. The summed E-state index contributed by atoms with van der Waals surface area (Å²) in [6.07, 6.45) is 0. The minimum Gasteiger partial charge on any atom is -0.309 e. The molecule has 0 fully saturated rings. The summed E-state index contributed by atoms with van der Waals surface area (Å²) < 4.78 is 25.5. The average Bonchev–Trinajstić information content (AvgIpc) is 2.25. The highest BCUT2D eigenvalue weighted by Gasteiger charge is 2.30. The van der Waals surface area contributed by atoms with Crippen molar-refractivity contribution in [3.05, 3.63) is 30.3 Å². The molecule has 0 aliphatic heterocycles. The fourth-order valence-corrected chi connectivity index (χ4v) is 3.86. The molecule has 0 aliphatic carbocycles. The third-order valence-corrected chi connectivity index (χ3v) is 4.58. The smallest absolute Gasteiger partial charge is 0.248 e. The molecule has 0 saturated carbocycles. The maximum absolute atomic E-state index is 12.3. The molecule has 0 aromatic heterocycles. The monoisotopic (exact) mass is 285 g/mol. The standard InChI is InChI=1S/C13H23N3O2S/c1-13(2,10-15(3)4)11-19(17,18)16(14)12-8-6-5-7-9-12/h5-9H,10-11,14H2,1-4H3. The van der Waals surface area contributed by atoms with Crippen LogP contribution in [0.2, 0.25) is 0 Å². The van der Waals surface area contributed by atoms with Gasteiger partial charge in [-0.15, -0.1) is 0 Å². The van der Waals surface area contributed by atoms with Crippen LogP contribution in [-0.2, 0) is 10.0 Å². The molecule has 0 aliphatic rings.